The van der Waals surface area contributed by atoms with Gasteiger partial charge in [-0.3, -0.25) is 13.9 Å². The fourth-order valence-corrected chi connectivity index (χ4v) is 6.30. The average Bonchev–Trinajstić information content (AvgIpc) is 2.90. The molecular weight excluding hydrogens is 604 g/mol. The smallest absolute Gasteiger partial charge is 0.264 e. The molecule has 208 valence electrons. The van der Waals surface area contributed by atoms with Gasteiger partial charge < -0.3 is 10.2 Å². The van der Waals surface area contributed by atoms with E-state index in [0.29, 0.717) is 22.2 Å². The molecule has 1 atom stereocenters. The largest absolute Gasteiger partial charge is 0.355 e. The van der Waals surface area contributed by atoms with Gasteiger partial charge in [-0.15, -0.1) is 0 Å². The van der Waals surface area contributed by atoms with Crippen LogP contribution in [-0.2, 0) is 26.2 Å². The lowest BCUT2D eigenvalue weighted by atomic mass is 10.1. The maximum Gasteiger partial charge on any atom is 0.264 e. The van der Waals surface area contributed by atoms with Crippen molar-refractivity contribution in [2.24, 2.45) is 0 Å². The van der Waals surface area contributed by atoms with E-state index in [1.807, 2.05) is 0 Å². The van der Waals surface area contributed by atoms with Crippen molar-refractivity contribution >= 4 is 73.9 Å². The van der Waals surface area contributed by atoms with Crippen molar-refractivity contribution in [1.82, 2.24) is 10.2 Å². The number of benzene rings is 3. The summed E-state index contributed by atoms with van der Waals surface area (Å²) in [7, 11) is -4.25. The number of nitrogens with zero attached hydrogens (tertiary/aromatic N) is 2. The molecule has 1 N–H and O–H groups in total. The van der Waals surface area contributed by atoms with Crippen molar-refractivity contribution in [3.63, 3.8) is 0 Å². The molecule has 0 spiro atoms. The Morgan fingerprint density at radius 2 is 1.56 bits per heavy atom. The number of carbonyl (C=O) groups is 2. The second kappa shape index (κ2) is 13.7. The summed E-state index contributed by atoms with van der Waals surface area (Å²) < 4.78 is 28.5. The van der Waals surface area contributed by atoms with Gasteiger partial charge in [0.15, 0.2) is 0 Å². The molecule has 3 aromatic carbocycles. The van der Waals surface area contributed by atoms with E-state index < -0.39 is 28.5 Å². The molecule has 0 radical (unpaired) electrons. The van der Waals surface area contributed by atoms with Crippen LogP contribution in [-0.4, -0.2) is 44.3 Å². The van der Waals surface area contributed by atoms with Crippen molar-refractivity contribution < 1.29 is 18.0 Å². The molecule has 1 unspecified atom stereocenters. The Hall–Kier alpha value is -2.49. The van der Waals surface area contributed by atoms with Gasteiger partial charge in [0.1, 0.15) is 12.6 Å². The van der Waals surface area contributed by atoms with Crippen LogP contribution in [0.1, 0.15) is 25.8 Å². The van der Waals surface area contributed by atoms with Crippen LogP contribution < -0.4 is 9.62 Å². The molecule has 12 heteroatoms. The van der Waals surface area contributed by atoms with E-state index in [2.05, 4.69) is 5.32 Å². The van der Waals surface area contributed by atoms with Gasteiger partial charge in [0.05, 0.1) is 25.7 Å². The molecule has 0 bridgehead atoms. The van der Waals surface area contributed by atoms with Gasteiger partial charge in [0.2, 0.25) is 11.8 Å². The monoisotopic (exact) mass is 629 g/mol. The molecule has 0 aliphatic carbocycles. The highest BCUT2D eigenvalue weighted by Crippen LogP contribution is 2.33. The number of rotatable bonds is 11. The molecule has 0 aliphatic rings. The van der Waals surface area contributed by atoms with Gasteiger partial charge in [0, 0.05) is 18.1 Å². The molecule has 3 rings (SSSR count). The number of sulfonamides is 1. The first-order valence-electron chi connectivity index (χ1n) is 12.0. The lowest BCUT2D eigenvalue weighted by Crippen LogP contribution is -2.52. The Bertz CT molecular complexity index is 1440. The second-order valence-electron chi connectivity index (χ2n) is 8.51. The van der Waals surface area contributed by atoms with Crippen LogP contribution in [0.15, 0.2) is 71.6 Å². The molecule has 7 nitrogen and oxygen atoms in total. The predicted octanol–water partition coefficient (Wildman–Crippen LogP) is 6.44. The Morgan fingerprint density at radius 3 is 2.15 bits per heavy atom. The van der Waals surface area contributed by atoms with E-state index in [1.54, 1.807) is 50.2 Å². The summed E-state index contributed by atoms with van der Waals surface area (Å²) in [5.41, 5.74) is 0.682. The first-order valence-corrected chi connectivity index (χ1v) is 15.0. The van der Waals surface area contributed by atoms with Gasteiger partial charge in [-0.2, -0.15) is 0 Å². The molecule has 0 aromatic heterocycles. The lowest BCUT2D eigenvalue weighted by Gasteiger charge is -2.33. The fraction of sp³-hybridized carbons (Fsp3) is 0.259. The third-order valence-electron chi connectivity index (χ3n) is 5.86. The molecular formula is C27H27Cl4N3O4S. The highest BCUT2D eigenvalue weighted by Gasteiger charge is 2.34. The fourth-order valence-electron chi connectivity index (χ4n) is 3.96. The summed E-state index contributed by atoms with van der Waals surface area (Å²) in [6.45, 7) is 3.25. The Morgan fingerprint density at radius 1 is 0.872 bits per heavy atom. The van der Waals surface area contributed by atoms with Crippen molar-refractivity contribution in [2.75, 3.05) is 17.4 Å². The van der Waals surface area contributed by atoms with Gasteiger partial charge in [-0.05, 0) is 61.4 Å². The number of nitrogens with one attached hydrogen (secondary N) is 1. The highest BCUT2D eigenvalue weighted by molar-refractivity contribution is 7.92. The van der Waals surface area contributed by atoms with E-state index in [-0.39, 0.29) is 39.5 Å². The van der Waals surface area contributed by atoms with Gasteiger partial charge in [-0.25, -0.2) is 8.42 Å². The van der Waals surface area contributed by atoms with Crippen molar-refractivity contribution in [3.05, 3.63) is 92.4 Å². The summed E-state index contributed by atoms with van der Waals surface area (Å²) in [5.74, 6) is -0.986. The standard InChI is InChI=1S/C27H27Cl4N3O4S/c1-3-24(27(36)32-4-2)33(16-18-10-12-21(29)22(30)14-18)26(35)17-34(25-13-11-19(28)15-23(25)31)39(37,38)20-8-6-5-7-9-20/h5-15,24H,3-4,16-17H2,1-2H3,(H,32,36). The van der Waals surface area contributed by atoms with Crippen LogP contribution in [0.2, 0.25) is 20.1 Å². The number of likely N-dealkylation sites (N-methyl/N-ethyl adjacent to an activating group) is 1. The number of hydrogen-bond acceptors (Lipinski definition) is 4. The van der Waals surface area contributed by atoms with Crippen LogP contribution >= 0.6 is 46.4 Å². The SMILES string of the molecule is CCNC(=O)C(CC)N(Cc1ccc(Cl)c(Cl)c1)C(=O)CN(c1ccc(Cl)cc1Cl)S(=O)(=O)c1ccccc1. The maximum absolute atomic E-state index is 14.0. The first-order chi connectivity index (χ1) is 18.5. The highest BCUT2D eigenvalue weighted by atomic mass is 35.5. The minimum absolute atomic E-state index is 0.0149. The van der Waals surface area contributed by atoms with Crippen molar-refractivity contribution in [2.45, 2.75) is 37.8 Å². The van der Waals surface area contributed by atoms with E-state index in [0.717, 1.165) is 4.31 Å². The average molecular weight is 631 g/mol. The molecule has 39 heavy (non-hydrogen) atoms. The van der Waals surface area contributed by atoms with E-state index in [1.165, 1.54) is 35.2 Å². The molecule has 0 heterocycles. The molecule has 0 aliphatic heterocycles. The third-order valence-corrected chi connectivity index (χ3v) is 8.91. The van der Waals surface area contributed by atoms with E-state index in [9.17, 15) is 18.0 Å². The molecule has 0 saturated heterocycles. The molecule has 2 amide bonds. The lowest BCUT2D eigenvalue weighted by molar-refractivity contribution is -0.140. The van der Waals surface area contributed by atoms with Crippen molar-refractivity contribution in [1.29, 1.82) is 0 Å². The number of amides is 2. The molecule has 3 aromatic rings. The van der Waals surface area contributed by atoms with Gasteiger partial charge in [0.25, 0.3) is 10.0 Å². The normalized spacial score (nSPS) is 12.1. The minimum Gasteiger partial charge on any atom is -0.355 e. The topological polar surface area (TPSA) is 86.8 Å². The van der Waals surface area contributed by atoms with E-state index >= 15 is 0 Å². The Balaban J connectivity index is 2.09. The van der Waals surface area contributed by atoms with Crippen molar-refractivity contribution in [3.8, 4) is 0 Å². The zero-order chi connectivity index (χ0) is 28.7. The van der Waals surface area contributed by atoms with Gasteiger partial charge in [-0.1, -0.05) is 77.6 Å². The predicted molar refractivity (Wildman–Crippen MR) is 157 cm³/mol. The summed E-state index contributed by atoms with van der Waals surface area (Å²) in [6.07, 6.45) is 0.284. The Labute approximate surface area is 248 Å². The van der Waals surface area contributed by atoms with Crippen LogP contribution in [0.5, 0.6) is 0 Å². The quantitative estimate of drug-likeness (QED) is 0.264. The van der Waals surface area contributed by atoms with E-state index in [4.69, 9.17) is 46.4 Å². The van der Waals surface area contributed by atoms with Crippen LogP contribution in [0.3, 0.4) is 0 Å². The summed E-state index contributed by atoms with van der Waals surface area (Å²) >= 11 is 24.7. The summed E-state index contributed by atoms with van der Waals surface area (Å²) in [4.78, 5) is 28.2. The van der Waals surface area contributed by atoms with Crippen LogP contribution in [0.4, 0.5) is 5.69 Å². The number of anilines is 1. The maximum atomic E-state index is 14.0. The number of hydrogen-bond donors (Lipinski definition) is 1. The van der Waals surface area contributed by atoms with Crippen LogP contribution in [0.25, 0.3) is 0 Å². The third kappa shape index (κ3) is 7.58. The minimum atomic E-state index is -4.25. The zero-order valence-corrected chi connectivity index (χ0v) is 25.0. The summed E-state index contributed by atoms with van der Waals surface area (Å²) in [6, 6.07) is 16.0. The first kappa shape index (κ1) is 31.0. The Kier molecular flexibility index (Phi) is 10.9. The van der Waals surface area contributed by atoms with Gasteiger partial charge >= 0.3 is 0 Å². The van der Waals surface area contributed by atoms with Crippen LogP contribution in [0, 0.1) is 0 Å². The number of halogens is 4. The summed E-state index contributed by atoms with van der Waals surface area (Å²) in [5, 5.41) is 3.72. The molecule has 0 fully saturated rings. The molecule has 0 saturated carbocycles. The second-order valence-corrected chi connectivity index (χ2v) is 12.0. The zero-order valence-electron chi connectivity index (χ0n) is 21.2. The number of carbonyl (C=O) groups excluding carboxylic acids is 2.